The van der Waals surface area contributed by atoms with E-state index in [0.29, 0.717) is 12.1 Å². The highest BCUT2D eigenvalue weighted by atomic mass is 35.5. The first kappa shape index (κ1) is 19.8. The van der Waals surface area contributed by atoms with Crippen LogP contribution >= 0.6 is 12.4 Å². The van der Waals surface area contributed by atoms with E-state index in [4.69, 9.17) is 0 Å². The number of sulfone groups is 1. The predicted octanol–water partition coefficient (Wildman–Crippen LogP) is 1.47. The summed E-state index contributed by atoms with van der Waals surface area (Å²) in [5, 5.41) is 3.19. The van der Waals surface area contributed by atoms with Crippen LogP contribution in [0.1, 0.15) is 12.5 Å². The van der Waals surface area contributed by atoms with Crippen LogP contribution in [-0.2, 0) is 21.1 Å². The Balaban J connectivity index is 0.00000264. The molecule has 0 aliphatic carbocycles. The zero-order valence-electron chi connectivity index (χ0n) is 12.5. The minimum Gasteiger partial charge on any atom is -0.337 e. The van der Waals surface area contributed by atoms with Gasteiger partial charge < -0.3 is 10.2 Å². The maximum absolute atomic E-state index is 12.4. The van der Waals surface area contributed by atoms with Crippen molar-refractivity contribution in [1.29, 1.82) is 0 Å². The molecule has 0 spiro atoms. The molecule has 1 aromatic rings. The lowest BCUT2D eigenvalue weighted by Gasteiger charge is -2.34. The second-order valence-electron chi connectivity index (χ2n) is 5.27. The molecule has 0 saturated carbocycles. The average Bonchev–Trinajstić information content (AvgIpc) is 2.48. The Labute approximate surface area is 140 Å². The largest absolute Gasteiger partial charge is 0.341 e. The van der Waals surface area contributed by atoms with E-state index in [2.05, 4.69) is 5.32 Å². The Bertz CT molecular complexity index is 638. The minimum absolute atomic E-state index is 0. The molecule has 1 N–H and O–H groups in total. The molecule has 1 aliphatic heterocycles. The van der Waals surface area contributed by atoms with Gasteiger partial charge in [-0.3, -0.25) is 4.79 Å². The quantitative estimate of drug-likeness (QED) is 0.874. The number of carbonyl (C=O) groups is 1. The van der Waals surface area contributed by atoms with E-state index >= 15 is 0 Å². The van der Waals surface area contributed by atoms with Gasteiger partial charge in [-0.15, -0.1) is 12.4 Å². The van der Waals surface area contributed by atoms with E-state index in [1.165, 1.54) is 12.1 Å². The predicted molar refractivity (Wildman–Crippen MR) is 84.6 cm³/mol. The number of amides is 1. The van der Waals surface area contributed by atoms with Crippen molar-refractivity contribution in [2.45, 2.75) is 30.0 Å². The standard InChI is InChI=1S/C14H18F2N2O3S.ClH/c1-10-9-17-6-7-18(10)13(19)8-11-2-4-12(5-3-11)22(20,21)14(15)16;/h2-5,10,14,17H,6-9H2,1H3;1H. The van der Waals surface area contributed by atoms with Crippen molar-refractivity contribution in [2.24, 2.45) is 0 Å². The maximum Gasteiger partial charge on any atom is 0.341 e. The molecule has 9 heteroatoms. The molecule has 0 bridgehead atoms. The maximum atomic E-state index is 12.4. The van der Waals surface area contributed by atoms with Crippen LogP contribution in [0.3, 0.4) is 0 Å². The van der Waals surface area contributed by atoms with E-state index in [1.54, 1.807) is 4.90 Å². The van der Waals surface area contributed by atoms with E-state index in [1.807, 2.05) is 6.92 Å². The van der Waals surface area contributed by atoms with Crippen LogP contribution in [0.2, 0.25) is 0 Å². The van der Waals surface area contributed by atoms with E-state index in [-0.39, 0.29) is 30.8 Å². The average molecular weight is 369 g/mol. The summed E-state index contributed by atoms with van der Waals surface area (Å²) in [7, 11) is -4.59. The highest BCUT2D eigenvalue weighted by molar-refractivity contribution is 7.91. The summed E-state index contributed by atoms with van der Waals surface area (Å²) in [6.45, 7) is 4.04. The van der Waals surface area contributed by atoms with Crippen molar-refractivity contribution in [3.05, 3.63) is 29.8 Å². The molecule has 1 saturated heterocycles. The monoisotopic (exact) mass is 368 g/mol. The summed E-state index contributed by atoms with van der Waals surface area (Å²) in [6.07, 6.45) is 0.124. The fourth-order valence-electron chi connectivity index (χ4n) is 2.39. The van der Waals surface area contributed by atoms with Crippen LogP contribution < -0.4 is 5.32 Å². The second-order valence-corrected chi connectivity index (χ2v) is 7.18. The number of hydrogen-bond acceptors (Lipinski definition) is 4. The molecule has 1 aromatic carbocycles. The van der Waals surface area contributed by atoms with Crippen LogP contribution in [-0.4, -0.2) is 50.7 Å². The van der Waals surface area contributed by atoms with Crippen LogP contribution in [0.5, 0.6) is 0 Å². The summed E-state index contributed by atoms with van der Waals surface area (Å²) in [4.78, 5) is 13.6. The molecule has 1 amide bonds. The summed E-state index contributed by atoms with van der Waals surface area (Å²) >= 11 is 0. The number of rotatable bonds is 4. The fraction of sp³-hybridized carbons (Fsp3) is 0.500. The molecule has 23 heavy (non-hydrogen) atoms. The molecule has 0 radical (unpaired) electrons. The molecule has 1 aliphatic rings. The fourth-order valence-corrected chi connectivity index (χ4v) is 3.11. The SMILES string of the molecule is CC1CNCCN1C(=O)Cc1ccc(S(=O)(=O)C(F)F)cc1.Cl. The molecule has 1 heterocycles. The third kappa shape index (κ3) is 4.62. The lowest BCUT2D eigenvalue weighted by atomic mass is 10.1. The van der Waals surface area contributed by atoms with Crippen molar-refractivity contribution >= 4 is 28.2 Å². The number of halogens is 3. The van der Waals surface area contributed by atoms with Crippen LogP contribution in [0.4, 0.5) is 8.78 Å². The van der Waals surface area contributed by atoms with Gasteiger partial charge in [0.15, 0.2) is 0 Å². The lowest BCUT2D eigenvalue weighted by Crippen LogP contribution is -2.52. The van der Waals surface area contributed by atoms with Gasteiger partial charge in [0.1, 0.15) is 0 Å². The van der Waals surface area contributed by atoms with E-state index in [9.17, 15) is 22.0 Å². The topological polar surface area (TPSA) is 66.5 Å². The number of nitrogens with one attached hydrogen (secondary N) is 1. The van der Waals surface area contributed by atoms with Gasteiger partial charge in [-0.05, 0) is 24.6 Å². The minimum atomic E-state index is -4.59. The lowest BCUT2D eigenvalue weighted by molar-refractivity contribution is -0.133. The molecule has 0 aromatic heterocycles. The Morgan fingerprint density at radius 2 is 1.96 bits per heavy atom. The van der Waals surface area contributed by atoms with Crippen molar-refractivity contribution in [1.82, 2.24) is 10.2 Å². The van der Waals surface area contributed by atoms with Gasteiger partial charge in [-0.2, -0.15) is 8.78 Å². The van der Waals surface area contributed by atoms with Gasteiger partial charge in [0.05, 0.1) is 11.3 Å². The van der Waals surface area contributed by atoms with E-state index < -0.39 is 20.5 Å². The van der Waals surface area contributed by atoms with Crippen molar-refractivity contribution in [3.63, 3.8) is 0 Å². The Hall–Kier alpha value is -1.25. The summed E-state index contributed by atoms with van der Waals surface area (Å²) in [5.41, 5.74) is 0.601. The molecule has 1 atom stereocenters. The first-order valence-electron chi connectivity index (χ1n) is 6.93. The van der Waals surface area contributed by atoms with Gasteiger partial charge >= 0.3 is 5.76 Å². The summed E-state index contributed by atoms with van der Waals surface area (Å²) < 4.78 is 47.5. The van der Waals surface area contributed by atoms with Gasteiger partial charge in [0, 0.05) is 25.7 Å². The molecule has 5 nitrogen and oxygen atoms in total. The first-order chi connectivity index (χ1) is 10.3. The van der Waals surface area contributed by atoms with Crippen LogP contribution in [0, 0.1) is 0 Å². The summed E-state index contributed by atoms with van der Waals surface area (Å²) in [5.74, 6) is -3.50. The normalized spacial score (nSPS) is 18.6. The van der Waals surface area contributed by atoms with Crippen molar-refractivity contribution in [2.75, 3.05) is 19.6 Å². The highest BCUT2D eigenvalue weighted by Gasteiger charge is 2.27. The van der Waals surface area contributed by atoms with Crippen molar-refractivity contribution in [3.8, 4) is 0 Å². The molecule has 1 unspecified atom stereocenters. The molecule has 2 rings (SSSR count). The van der Waals surface area contributed by atoms with Gasteiger partial charge in [-0.25, -0.2) is 8.42 Å². The smallest absolute Gasteiger partial charge is 0.337 e. The molecule has 130 valence electrons. The van der Waals surface area contributed by atoms with Crippen LogP contribution in [0.15, 0.2) is 29.2 Å². The number of carbonyl (C=O) groups excluding carboxylic acids is 1. The second kappa shape index (κ2) is 8.03. The number of nitrogens with zero attached hydrogens (tertiary/aromatic N) is 1. The van der Waals surface area contributed by atoms with Gasteiger partial charge in [0.25, 0.3) is 0 Å². The third-order valence-corrected chi connectivity index (χ3v) is 5.06. The van der Waals surface area contributed by atoms with Crippen molar-refractivity contribution < 1.29 is 22.0 Å². The van der Waals surface area contributed by atoms with E-state index in [0.717, 1.165) is 25.2 Å². The molecular formula is C14H19ClF2N2O3S. The molecule has 1 fully saturated rings. The number of benzene rings is 1. The Morgan fingerprint density at radius 3 is 2.48 bits per heavy atom. The summed E-state index contributed by atoms with van der Waals surface area (Å²) in [6, 6.07) is 5.14. The number of alkyl halides is 2. The van der Waals surface area contributed by atoms with Gasteiger partial charge in [-0.1, -0.05) is 12.1 Å². The van der Waals surface area contributed by atoms with Crippen LogP contribution in [0.25, 0.3) is 0 Å². The van der Waals surface area contributed by atoms with Gasteiger partial charge in [0.2, 0.25) is 15.7 Å². The first-order valence-corrected chi connectivity index (χ1v) is 8.48. The highest BCUT2D eigenvalue weighted by Crippen LogP contribution is 2.19. The zero-order valence-corrected chi connectivity index (χ0v) is 14.2. The Kier molecular flexibility index (Phi) is 6.91. The molecular weight excluding hydrogens is 350 g/mol. The Morgan fingerprint density at radius 1 is 1.35 bits per heavy atom. The number of hydrogen-bond donors (Lipinski definition) is 1. The zero-order chi connectivity index (χ0) is 16.3. The third-order valence-electron chi connectivity index (χ3n) is 3.66. The number of piperazine rings is 1.